The third-order valence-electron chi connectivity index (χ3n) is 2.47. The van der Waals surface area contributed by atoms with Crippen molar-refractivity contribution in [3.05, 3.63) is 33.8 Å². The van der Waals surface area contributed by atoms with Crippen molar-refractivity contribution in [1.82, 2.24) is 5.32 Å². The molecule has 9 heteroatoms. The second-order valence-corrected chi connectivity index (χ2v) is 5.98. The molecule has 1 heterocycles. The number of hydrogen-bond acceptors (Lipinski definition) is 5. The minimum absolute atomic E-state index is 0.241. The van der Waals surface area contributed by atoms with Crippen LogP contribution < -0.4 is 5.32 Å². The third kappa shape index (κ3) is 4.20. The van der Waals surface area contributed by atoms with Gasteiger partial charge in [0, 0.05) is 5.56 Å². The van der Waals surface area contributed by atoms with E-state index in [1.54, 1.807) is 18.2 Å². The first-order valence-corrected chi connectivity index (χ1v) is 7.35. The van der Waals surface area contributed by atoms with E-state index in [1.807, 2.05) is 0 Å². The van der Waals surface area contributed by atoms with Crippen LogP contribution in [0.15, 0.2) is 28.4 Å². The van der Waals surface area contributed by atoms with E-state index in [0.29, 0.717) is 15.6 Å². The Bertz CT molecular complexity index is 628. The maximum atomic E-state index is 11.5. The molecule has 0 aromatic heterocycles. The van der Waals surface area contributed by atoms with Gasteiger partial charge in [0.1, 0.15) is 5.25 Å². The molecule has 1 amide bonds. The number of nitrogens with one attached hydrogen (secondary N) is 1. The molecule has 0 saturated carbocycles. The normalized spacial score (nSPS) is 20.2. The summed E-state index contributed by atoms with van der Waals surface area (Å²) < 4.78 is 0. The number of rotatable bonds is 4. The molecule has 0 bridgehead atoms. The Morgan fingerprint density at radius 1 is 1.43 bits per heavy atom. The number of halogens is 2. The highest BCUT2D eigenvalue weighted by Gasteiger charge is 2.32. The Kier molecular flexibility index (Phi) is 5.22. The van der Waals surface area contributed by atoms with Gasteiger partial charge in [-0.15, -0.1) is 5.10 Å². The summed E-state index contributed by atoms with van der Waals surface area (Å²) in [6.07, 6.45) is 1.10. The fourth-order valence-corrected chi connectivity index (χ4v) is 2.93. The number of carbonyl (C=O) groups excluding carboxylic acids is 1. The first kappa shape index (κ1) is 15.8. The lowest BCUT2D eigenvalue weighted by atomic mass is 10.2. The minimum atomic E-state index is -1.05. The number of carboxylic acid groups (broad SMARTS) is 1. The molecule has 1 unspecified atom stereocenters. The van der Waals surface area contributed by atoms with Crippen LogP contribution >= 0.6 is 35.0 Å². The number of amidine groups is 1. The molecular formula is C12H9Cl2N3O3S. The smallest absolute Gasteiger partial charge is 0.305 e. The predicted octanol–water partition coefficient (Wildman–Crippen LogP) is 2.39. The quantitative estimate of drug-likeness (QED) is 0.647. The third-order valence-corrected chi connectivity index (χ3v) is 4.20. The highest BCUT2D eigenvalue weighted by Crippen LogP contribution is 2.24. The molecular weight excluding hydrogens is 337 g/mol. The van der Waals surface area contributed by atoms with Crippen molar-refractivity contribution in [2.24, 2.45) is 10.2 Å². The Morgan fingerprint density at radius 3 is 2.71 bits per heavy atom. The second kappa shape index (κ2) is 6.93. The maximum Gasteiger partial charge on any atom is 0.305 e. The molecule has 1 atom stereocenters. The van der Waals surface area contributed by atoms with Gasteiger partial charge in [-0.05, 0) is 12.1 Å². The zero-order valence-electron chi connectivity index (χ0n) is 10.4. The van der Waals surface area contributed by atoms with Crippen molar-refractivity contribution in [3.8, 4) is 0 Å². The molecule has 110 valence electrons. The number of hydrogen-bond donors (Lipinski definition) is 2. The van der Waals surface area contributed by atoms with Crippen molar-refractivity contribution in [2.75, 3.05) is 0 Å². The molecule has 2 N–H and O–H groups in total. The average molecular weight is 346 g/mol. The number of carbonyl (C=O) groups is 2. The van der Waals surface area contributed by atoms with Gasteiger partial charge in [0.15, 0.2) is 5.17 Å². The van der Waals surface area contributed by atoms with Gasteiger partial charge >= 0.3 is 5.97 Å². The van der Waals surface area contributed by atoms with Gasteiger partial charge in [-0.3, -0.25) is 9.59 Å². The van der Waals surface area contributed by atoms with Crippen molar-refractivity contribution in [3.63, 3.8) is 0 Å². The number of thioether (sulfide) groups is 1. The van der Waals surface area contributed by atoms with Crippen molar-refractivity contribution >= 4 is 58.2 Å². The Balaban J connectivity index is 2.07. The molecule has 1 aromatic carbocycles. The highest BCUT2D eigenvalue weighted by molar-refractivity contribution is 8.15. The van der Waals surface area contributed by atoms with Crippen molar-refractivity contribution in [2.45, 2.75) is 11.7 Å². The largest absolute Gasteiger partial charge is 0.481 e. The van der Waals surface area contributed by atoms with Crippen LogP contribution in [0.2, 0.25) is 10.0 Å². The molecule has 1 aliphatic rings. The van der Waals surface area contributed by atoms with E-state index in [-0.39, 0.29) is 11.6 Å². The van der Waals surface area contributed by atoms with Gasteiger partial charge in [-0.2, -0.15) is 5.10 Å². The molecule has 2 rings (SSSR count). The Hall–Kier alpha value is -1.57. The monoisotopic (exact) mass is 345 g/mol. The first-order valence-electron chi connectivity index (χ1n) is 5.71. The van der Waals surface area contributed by atoms with Crippen LogP contribution in [0.4, 0.5) is 0 Å². The van der Waals surface area contributed by atoms with E-state index < -0.39 is 17.1 Å². The summed E-state index contributed by atoms with van der Waals surface area (Å²) in [7, 11) is 0. The predicted molar refractivity (Wildman–Crippen MR) is 83.3 cm³/mol. The van der Waals surface area contributed by atoms with E-state index in [0.717, 1.165) is 11.8 Å². The van der Waals surface area contributed by atoms with Crippen LogP contribution in [0, 0.1) is 0 Å². The topological polar surface area (TPSA) is 91.1 Å². The average Bonchev–Trinajstić information content (AvgIpc) is 2.73. The SMILES string of the molecule is O=C(O)CC1S/C(=N/N=Cc2c(Cl)cccc2Cl)NC1=O. The molecule has 0 spiro atoms. The van der Waals surface area contributed by atoms with E-state index in [1.165, 1.54) is 6.21 Å². The van der Waals surface area contributed by atoms with Crippen molar-refractivity contribution < 1.29 is 14.7 Å². The zero-order valence-corrected chi connectivity index (χ0v) is 12.7. The van der Waals surface area contributed by atoms with Gasteiger partial charge in [-0.1, -0.05) is 41.0 Å². The fraction of sp³-hybridized carbons (Fsp3) is 0.167. The summed E-state index contributed by atoms with van der Waals surface area (Å²) in [4.78, 5) is 22.1. The number of carboxylic acids is 1. The van der Waals surface area contributed by atoms with Crippen LogP contribution in [-0.4, -0.2) is 33.6 Å². The molecule has 21 heavy (non-hydrogen) atoms. The van der Waals surface area contributed by atoms with E-state index in [2.05, 4.69) is 15.5 Å². The molecule has 6 nitrogen and oxygen atoms in total. The van der Waals surface area contributed by atoms with Crippen LogP contribution in [-0.2, 0) is 9.59 Å². The number of benzene rings is 1. The number of aliphatic carboxylic acids is 1. The molecule has 0 aliphatic carbocycles. The van der Waals surface area contributed by atoms with Crippen LogP contribution in [0.1, 0.15) is 12.0 Å². The Labute approximate surface area is 134 Å². The number of amides is 1. The summed E-state index contributed by atoms with van der Waals surface area (Å²) in [5.41, 5.74) is 0.515. The molecule has 1 aromatic rings. The summed E-state index contributed by atoms with van der Waals surface area (Å²) in [6.45, 7) is 0. The zero-order chi connectivity index (χ0) is 15.4. The highest BCUT2D eigenvalue weighted by atomic mass is 35.5. The van der Waals surface area contributed by atoms with Gasteiger partial charge in [0.25, 0.3) is 0 Å². The van der Waals surface area contributed by atoms with Crippen LogP contribution in [0.3, 0.4) is 0 Å². The minimum Gasteiger partial charge on any atom is -0.481 e. The van der Waals surface area contributed by atoms with Gasteiger partial charge in [0.2, 0.25) is 5.91 Å². The van der Waals surface area contributed by atoms with Crippen molar-refractivity contribution in [1.29, 1.82) is 0 Å². The molecule has 1 saturated heterocycles. The van der Waals surface area contributed by atoms with Gasteiger partial charge in [0.05, 0.1) is 22.7 Å². The van der Waals surface area contributed by atoms with E-state index >= 15 is 0 Å². The molecule has 1 fully saturated rings. The second-order valence-electron chi connectivity index (χ2n) is 3.98. The van der Waals surface area contributed by atoms with E-state index in [4.69, 9.17) is 28.3 Å². The lowest BCUT2D eigenvalue weighted by Gasteiger charge is -1.99. The lowest BCUT2D eigenvalue weighted by molar-refractivity contribution is -0.138. The molecule has 1 aliphatic heterocycles. The summed E-state index contributed by atoms with van der Waals surface area (Å²) in [5, 5.41) is 19.2. The number of nitrogens with zero attached hydrogens (tertiary/aromatic N) is 2. The maximum absolute atomic E-state index is 11.5. The van der Waals surface area contributed by atoms with Gasteiger partial charge < -0.3 is 10.4 Å². The van der Waals surface area contributed by atoms with E-state index in [9.17, 15) is 9.59 Å². The Morgan fingerprint density at radius 2 is 2.10 bits per heavy atom. The van der Waals surface area contributed by atoms with Crippen LogP contribution in [0.5, 0.6) is 0 Å². The summed E-state index contributed by atoms with van der Waals surface area (Å²) in [5.74, 6) is -1.44. The summed E-state index contributed by atoms with van der Waals surface area (Å²) in [6, 6.07) is 5.03. The van der Waals surface area contributed by atoms with Crippen LogP contribution in [0.25, 0.3) is 0 Å². The van der Waals surface area contributed by atoms with Gasteiger partial charge in [-0.25, -0.2) is 0 Å². The summed E-state index contributed by atoms with van der Waals surface area (Å²) >= 11 is 12.9. The fourth-order valence-electron chi connectivity index (χ4n) is 1.52. The molecule has 0 radical (unpaired) electrons. The first-order chi connectivity index (χ1) is 9.97. The lowest BCUT2D eigenvalue weighted by Crippen LogP contribution is -2.26. The standard InChI is InChI=1S/C12H9Cl2N3O3S/c13-7-2-1-3-8(14)6(7)5-15-17-12-16-11(20)9(21-12)4-10(18)19/h1-3,5,9H,4H2,(H,18,19)(H,16,17,20).